The molecule has 0 spiro atoms. The van der Waals surface area contributed by atoms with E-state index in [1.165, 1.54) is 13.4 Å². The van der Waals surface area contributed by atoms with Crippen molar-refractivity contribution in [2.24, 2.45) is 0 Å². The van der Waals surface area contributed by atoms with Gasteiger partial charge in [0.15, 0.2) is 0 Å². The summed E-state index contributed by atoms with van der Waals surface area (Å²) in [6, 6.07) is 1.65. The van der Waals surface area contributed by atoms with Crippen LogP contribution in [0.5, 0.6) is 0 Å². The molecule has 1 aliphatic heterocycles. The molecule has 1 fully saturated rings. The molecule has 1 atom stereocenters. The minimum Gasteiger partial charge on any atom is -0.354 e. The van der Waals surface area contributed by atoms with Crippen molar-refractivity contribution >= 4 is 22.8 Å². The predicted molar refractivity (Wildman–Crippen MR) is 73.3 cm³/mol. The zero-order valence-corrected chi connectivity index (χ0v) is 11.5. The Labute approximate surface area is 119 Å². The van der Waals surface area contributed by atoms with E-state index in [0.717, 1.165) is 21.8 Å². The van der Waals surface area contributed by atoms with Crippen LogP contribution in [0, 0.1) is 0 Å². The van der Waals surface area contributed by atoms with Crippen LogP contribution in [-0.2, 0) is 4.79 Å². The van der Waals surface area contributed by atoms with Gasteiger partial charge in [0.2, 0.25) is 0 Å². The number of alkyl halides is 2. The Hall–Kier alpha value is -2.25. The van der Waals surface area contributed by atoms with Crippen molar-refractivity contribution in [2.45, 2.75) is 18.9 Å². The number of amides is 1. The maximum atomic E-state index is 12.5. The van der Waals surface area contributed by atoms with E-state index in [2.05, 4.69) is 15.0 Å². The molecule has 0 aromatic carbocycles. The van der Waals surface area contributed by atoms with E-state index in [0.29, 0.717) is 19.5 Å². The van der Waals surface area contributed by atoms with Gasteiger partial charge in [-0.25, -0.2) is 9.97 Å². The molecule has 1 saturated heterocycles. The summed E-state index contributed by atoms with van der Waals surface area (Å²) in [5.74, 6) is -0.363. The fourth-order valence-corrected chi connectivity index (χ4v) is 2.69. The Balaban J connectivity index is 1.78. The molecule has 8 heteroatoms. The summed E-state index contributed by atoms with van der Waals surface area (Å²) >= 11 is 0. The zero-order valence-electron chi connectivity index (χ0n) is 11.5. The number of H-pyrrole nitrogens is 1. The standard InChI is InChI=1S/C13H15F2N5O/c1-19(13(21)10(14)15)8-3-5-20(6-8)12-9-2-4-16-11(9)17-7-18-12/h2,4,7-8,10H,3,5-6H2,1H3,(H,16,17,18)/t8-/m1/s1. The highest BCUT2D eigenvalue weighted by Gasteiger charge is 2.32. The molecule has 1 amide bonds. The van der Waals surface area contributed by atoms with Gasteiger partial charge in [-0.1, -0.05) is 0 Å². The molecule has 0 bridgehead atoms. The van der Waals surface area contributed by atoms with Crippen LogP contribution < -0.4 is 4.90 Å². The number of aromatic nitrogens is 3. The Morgan fingerprint density at radius 2 is 2.33 bits per heavy atom. The van der Waals surface area contributed by atoms with Crippen molar-refractivity contribution < 1.29 is 13.6 Å². The molecule has 0 aliphatic carbocycles. The normalized spacial score (nSPS) is 18.7. The first-order valence-electron chi connectivity index (χ1n) is 6.66. The topological polar surface area (TPSA) is 65.1 Å². The first-order valence-corrected chi connectivity index (χ1v) is 6.66. The highest BCUT2D eigenvalue weighted by Crippen LogP contribution is 2.27. The van der Waals surface area contributed by atoms with Crippen LogP contribution in [0.15, 0.2) is 18.6 Å². The van der Waals surface area contributed by atoms with Gasteiger partial charge < -0.3 is 14.8 Å². The number of aromatic amines is 1. The van der Waals surface area contributed by atoms with E-state index in [9.17, 15) is 13.6 Å². The van der Waals surface area contributed by atoms with Gasteiger partial charge in [-0.15, -0.1) is 0 Å². The lowest BCUT2D eigenvalue weighted by molar-refractivity contribution is -0.143. The third-order valence-electron chi connectivity index (χ3n) is 3.88. The molecule has 1 N–H and O–H groups in total. The van der Waals surface area contributed by atoms with Crippen molar-refractivity contribution in [1.82, 2.24) is 19.9 Å². The molecule has 6 nitrogen and oxygen atoms in total. The van der Waals surface area contributed by atoms with Gasteiger partial charge in [0.1, 0.15) is 17.8 Å². The minimum atomic E-state index is -2.96. The fraction of sp³-hybridized carbons (Fsp3) is 0.462. The number of rotatable bonds is 3. The quantitative estimate of drug-likeness (QED) is 0.926. The minimum absolute atomic E-state index is 0.226. The fourth-order valence-electron chi connectivity index (χ4n) is 2.69. The van der Waals surface area contributed by atoms with E-state index >= 15 is 0 Å². The third kappa shape index (κ3) is 2.41. The molecule has 112 valence electrons. The second-order valence-corrected chi connectivity index (χ2v) is 5.08. The van der Waals surface area contributed by atoms with E-state index in [1.807, 2.05) is 11.0 Å². The Kier molecular flexibility index (Phi) is 3.44. The van der Waals surface area contributed by atoms with Crippen molar-refractivity contribution in [2.75, 3.05) is 25.0 Å². The number of fused-ring (bicyclic) bond motifs is 1. The molecular weight excluding hydrogens is 280 g/mol. The first-order chi connectivity index (χ1) is 10.1. The molecule has 2 aromatic heterocycles. The lowest BCUT2D eigenvalue weighted by Gasteiger charge is -2.25. The molecule has 0 radical (unpaired) electrons. The number of hydrogen-bond donors (Lipinski definition) is 1. The number of anilines is 1. The average Bonchev–Trinajstić information content (AvgIpc) is 3.13. The van der Waals surface area contributed by atoms with Crippen LogP contribution in [0.3, 0.4) is 0 Å². The molecule has 21 heavy (non-hydrogen) atoms. The summed E-state index contributed by atoms with van der Waals surface area (Å²) in [6.45, 7) is 1.16. The van der Waals surface area contributed by atoms with Gasteiger partial charge in [0.25, 0.3) is 5.91 Å². The molecule has 0 unspecified atom stereocenters. The van der Waals surface area contributed by atoms with E-state index in [1.54, 1.807) is 6.20 Å². The average molecular weight is 295 g/mol. The van der Waals surface area contributed by atoms with Gasteiger partial charge in [-0.2, -0.15) is 8.78 Å². The predicted octanol–water partition coefficient (Wildman–Crippen LogP) is 1.26. The molecule has 0 saturated carbocycles. The highest BCUT2D eigenvalue weighted by atomic mass is 19.3. The second-order valence-electron chi connectivity index (χ2n) is 5.08. The summed E-state index contributed by atoms with van der Waals surface area (Å²) in [7, 11) is 1.43. The van der Waals surface area contributed by atoms with Crippen molar-refractivity contribution in [3.8, 4) is 0 Å². The largest absolute Gasteiger partial charge is 0.354 e. The van der Waals surface area contributed by atoms with Crippen molar-refractivity contribution in [3.05, 3.63) is 18.6 Å². The number of carbonyl (C=O) groups is 1. The lowest BCUT2D eigenvalue weighted by Crippen LogP contribution is -2.42. The molecule has 3 heterocycles. The lowest BCUT2D eigenvalue weighted by atomic mass is 10.2. The number of likely N-dealkylation sites (N-methyl/N-ethyl adjacent to an activating group) is 1. The first kappa shape index (κ1) is 13.7. The smallest absolute Gasteiger partial charge is 0.315 e. The second kappa shape index (κ2) is 5.27. The maximum Gasteiger partial charge on any atom is 0.315 e. The van der Waals surface area contributed by atoms with Crippen molar-refractivity contribution in [1.29, 1.82) is 0 Å². The van der Waals surface area contributed by atoms with E-state index in [-0.39, 0.29) is 6.04 Å². The monoisotopic (exact) mass is 295 g/mol. The number of hydrogen-bond acceptors (Lipinski definition) is 4. The number of halogens is 2. The van der Waals surface area contributed by atoms with Crippen LogP contribution in [-0.4, -0.2) is 58.4 Å². The Morgan fingerprint density at radius 3 is 3.10 bits per heavy atom. The number of nitrogens with zero attached hydrogens (tertiary/aromatic N) is 4. The van der Waals surface area contributed by atoms with Crippen LogP contribution in [0.25, 0.3) is 11.0 Å². The summed E-state index contributed by atoms with van der Waals surface area (Å²) < 4.78 is 25.0. The van der Waals surface area contributed by atoms with E-state index in [4.69, 9.17) is 0 Å². The van der Waals surface area contributed by atoms with Crippen LogP contribution in [0.2, 0.25) is 0 Å². The molecular formula is C13H15F2N5O. The Bertz CT molecular complexity index is 659. The number of carbonyl (C=O) groups excluding carboxylic acids is 1. The van der Waals surface area contributed by atoms with Crippen LogP contribution in [0.1, 0.15) is 6.42 Å². The SMILES string of the molecule is CN(C(=O)C(F)F)[C@@H]1CCN(c2ncnc3[nH]ccc23)C1. The van der Waals surface area contributed by atoms with Crippen LogP contribution in [0.4, 0.5) is 14.6 Å². The molecule has 3 rings (SSSR count). The summed E-state index contributed by atoms with van der Waals surface area (Å²) in [5, 5.41) is 0.890. The molecule has 1 aliphatic rings. The Morgan fingerprint density at radius 1 is 1.52 bits per heavy atom. The zero-order chi connectivity index (χ0) is 15.0. The summed E-state index contributed by atoms with van der Waals surface area (Å²) in [6.07, 6.45) is 0.933. The molecule has 2 aromatic rings. The van der Waals surface area contributed by atoms with Gasteiger partial charge in [0.05, 0.1) is 11.4 Å². The van der Waals surface area contributed by atoms with Crippen molar-refractivity contribution in [3.63, 3.8) is 0 Å². The highest BCUT2D eigenvalue weighted by molar-refractivity contribution is 5.87. The van der Waals surface area contributed by atoms with Gasteiger partial charge in [-0.05, 0) is 12.5 Å². The van der Waals surface area contributed by atoms with Gasteiger partial charge >= 0.3 is 6.43 Å². The third-order valence-corrected chi connectivity index (χ3v) is 3.88. The van der Waals surface area contributed by atoms with Crippen LogP contribution >= 0.6 is 0 Å². The number of nitrogens with one attached hydrogen (secondary N) is 1. The van der Waals surface area contributed by atoms with E-state index < -0.39 is 12.3 Å². The van der Waals surface area contributed by atoms with Gasteiger partial charge in [-0.3, -0.25) is 4.79 Å². The maximum absolute atomic E-state index is 12.5. The van der Waals surface area contributed by atoms with Gasteiger partial charge in [0, 0.05) is 26.3 Å². The summed E-state index contributed by atoms with van der Waals surface area (Å²) in [5.41, 5.74) is 0.737. The summed E-state index contributed by atoms with van der Waals surface area (Å²) in [4.78, 5) is 25.9.